The number of carbonyl (C=O) groups is 1. The summed E-state index contributed by atoms with van der Waals surface area (Å²) in [4.78, 5) is 10.5. The monoisotopic (exact) mass is 186 g/mol. The fourth-order valence-electron chi connectivity index (χ4n) is 0.864. The van der Waals surface area contributed by atoms with Gasteiger partial charge in [0.25, 0.3) is 0 Å². The topological polar surface area (TPSA) is 17.1 Å². The van der Waals surface area contributed by atoms with Crippen LogP contribution in [0.4, 0.5) is 0 Å². The van der Waals surface area contributed by atoms with Crippen LogP contribution in [0.3, 0.4) is 0 Å². The van der Waals surface area contributed by atoms with Crippen molar-refractivity contribution in [1.82, 2.24) is 0 Å². The second kappa shape index (κ2) is 8.85. The second-order valence-corrected chi connectivity index (χ2v) is 3.97. The van der Waals surface area contributed by atoms with E-state index in [4.69, 9.17) is 0 Å². The Morgan fingerprint density at radius 1 is 1.33 bits per heavy atom. The number of carbonyl (C=O) groups excluding carboxylic acids is 1. The predicted molar refractivity (Wildman–Crippen MR) is 56.4 cm³/mol. The molecule has 0 aromatic rings. The van der Waals surface area contributed by atoms with Gasteiger partial charge in [0, 0.05) is 12.7 Å². The molecule has 0 spiro atoms. The zero-order valence-electron chi connectivity index (χ0n) is 8.01. The van der Waals surface area contributed by atoms with Crippen molar-refractivity contribution in [2.24, 2.45) is 0 Å². The maximum Gasteiger partial charge on any atom is 0.186 e. The van der Waals surface area contributed by atoms with Crippen LogP contribution in [0.25, 0.3) is 0 Å². The van der Waals surface area contributed by atoms with E-state index in [0.717, 1.165) is 12.2 Å². The van der Waals surface area contributed by atoms with Crippen molar-refractivity contribution in [2.45, 2.75) is 39.5 Å². The molecular formula is C10H18OS. The number of hydrogen-bond donors (Lipinski definition) is 0. The van der Waals surface area contributed by atoms with Gasteiger partial charge in [-0.3, -0.25) is 4.79 Å². The Balaban J connectivity index is 3.09. The van der Waals surface area contributed by atoms with E-state index >= 15 is 0 Å². The minimum Gasteiger partial charge on any atom is -0.288 e. The van der Waals surface area contributed by atoms with E-state index in [1.165, 1.54) is 31.0 Å². The molecule has 0 amide bonds. The molecule has 0 saturated heterocycles. The summed E-state index contributed by atoms with van der Waals surface area (Å²) in [5.41, 5.74) is 0. The molecule has 0 fully saturated rings. The normalized spacial score (nSPS) is 10.8. The van der Waals surface area contributed by atoms with Gasteiger partial charge in [0.2, 0.25) is 0 Å². The average Bonchev–Trinajstić information content (AvgIpc) is 2.02. The van der Waals surface area contributed by atoms with Gasteiger partial charge in [-0.15, -0.1) is 0 Å². The molecule has 0 aliphatic rings. The number of thioether (sulfide) groups is 1. The van der Waals surface area contributed by atoms with Gasteiger partial charge in [-0.2, -0.15) is 0 Å². The molecule has 0 aliphatic heterocycles. The number of hydrogen-bond acceptors (Lipinski definition) is 2. The lowest BCUT2D eigenvalue weighted by Gasteiger charge is -1.91. The highest BCUT2D eigenvalue weighted by Gasteiger charge is 1.88. The first kappa shape index (κ1) is 11.8. The molecule has 70 valence electrons. The van der Waals surface area contributed by atoms with Crippen LogP contribution in [-0.2, 0) is 4.79 Å². The minimum absolute atomic E-state index is 0.202. The molecule has 12 heavy (non-hydrogen) atoms. The maximum absolute atomic E-state index is 10.5. The smallest absolute Gasteiger partial charge is 0.186 e. The summed E-state index contributed by atoms with van der Waals surface area (Å²) in [6.45, 7) is 3.81. The lowest BCUT2D eigenvalue weighted by Crippen LogP contribution is -1.81. The molecule has 0 N–H and O–H groups in total. The Hall–Kier alpha value is -0.240. The van der Waals surface area contributed by atoms with Gasteiger partial charge in [0.05, 0.1) is 0 Å². The first-order valence-corrected chi connectivity index (χ1v) is 5.54. The van der Waals surface area contributed by atoms with Gasteiger partial charge < -0.3 is 0 Å². The zero-order valence-corrected chi connectivity index (χ0v) is 8.82. The minimum atomic E-state index is 0.202. The molecule has 1 nitrogen and oxygen atoms in total. The molecule has 0 unspecified atom stereocenters. The second-order valence-electron chi connectivity index (χ2n) is 2.77. The van der Waals surface area contributed by atoms with E-state index in [1.807, 2.05) is 0 Å². The van der Waals surface area contributed by atoms with Crippen molar-refractivity contribution >= 4 is 16.9 Å². The van der Waals surface area contributed by atoms with Crippen LogP contribution in [0.1, 0.15) is 39.5 Å². The van der Waals surface area contributed by atoms with Gasteiger partial charge in [0.15, 0.2) is 5.12 Å². The van der Waals surface area contributed by atoms with E-state index in [-0.39, 0.29) is 5.12 Å². The summed E-state index contributed by atoms with van der Waals surface area (Å²) in [7, 11) is 0. The molecular weight excluding hydrogens is 168 g/mol. The van der Waals surface area contributed by atoms with Crippen LogP contribution in [-0.4, -0.2) is 10.9 Å². The fraction of sp³-hybridized carbons (Fsp3) is 0.700. The molecule has 0 atom stereocenters. The van der Waals surface area contributed by atoms with E-state index in [0.29, 0.717) is 0 Å². The lowest BCUT2D eigenvalue weighted by molar-refractivity contribution is -0.109. The number of rotatable bonds is 6. The Labute approximate surface area is 79.6 Å². The molecule has 0 rings (SSSR count). The van der Waals surface area contributed by atoms with Crippen LogP contribution in [0.2, 0.25) is 0 Å². The predicted octanol–water partition coefficient (Wildman–Crippen LogP) is 3.40. The third-order valence-corrected chi connectivity index (χ3v) is 2.29. The third kappa shape index (κ3) is 9.76. The van der Waals surface area contributed by atoms with Crippen LogP contribution < -0.4 is 0 Å². The summed E-state index contributed by atoms with van der Waals surface area (Å²) < 4.78 is 0. The van der Waals surface area contributed by atoms with Crippen molar-refractivity contribution in [3.05, 3.63) is 12.2 Å². The average molecular weight is 186 g/mol. The van der Waals surface area contributed by atoms with Crippen LogP contribution >= 0.6 is 11.8 Å². The van der Waals surface area contributed by atoms with Gasteiger partial charge in [-0.05, 0) is 12.8 Å². The SMILES string of the molecule is CCCCC/C=C/CSC(C)=O. The molecule has 0 aromatic carbocycles. The van der Waals surface area contributed by atoms with Crippen molar-refractivity contribution in [3.8, 4) is 0 Å². The van der Waals surface area contributed by atoms with Gasteiger partial charge in [-0.1, -0.05) is 43.7 Å². The van der Waals surface area contributed by atoms with Crippen LogP contribution in [0.5, 0.6) is 0 Å². The summed E-state index contributed by atoms with van der Waals surface area (Å²) in [6, 6.07) is 0. The maximum atomic E-state index is 10.5. The highest BCUT2D eigenvalue weighted by Crippen LogP contribution is 2.03. The molecule has 0 heterocycles. The molecule has 0 aromatic heterocycles. The van der Waals surface area contributed by atoms with Crippen molar-refractivity contribution in [2.75, 3.05) is 5.75 Å². The largest absolute Gasteiger partial charge is 0.288 e. The molecule has 0 radical (unpaired) electrons. The van der Waals surface area contributed by atoms with E-state index < -0.39 is 0 Å². The first-order valence-electron chi connectivity index (χ1n) is 4.55. The number of unbranched alkanes of at least 4 members (excludes halogenated alkanes) is 3. The summed E-state index contributed by atoms with van der Waals surface area (Å²) in [6.07, 6.45) is 9.28. The van der Waals surface area contributed by atoms with E-state index in [1.54, 1.807) is 6.92 Å². The highest BCUT2D eigenvalue weighted by atomic mass is 32.2. The van der Waals surface area contributed by atoms with Crippen molar-refractivity contribution < 1.29 is 4.79 Å². The first-order chi connectivity index (χ1) is 5.77. The zero-order chi connectivity index (χ0) is 9.23. The van der Waals surface area contributed by atoms with Crippen molar-refractivity contribution in [1.29, 1.82) is 0 Å². The summed E-state index contributed by atoms with van der Waals surface area (Å²) in [5.74, 6) is 0.835. The lowest BCUT2D eigenvalue weighted by atomic mass is 10.2. The summed E-state index contributed by atoms with van der Waals surface area (Å²) in [5, 5.41) is 0.202. The number of allylic oxidation sites excluding steroid dienone is 1. The van der Waals surface area contributed by atoms with Gasteiger partial charge in [-0.25, -0.2) is 0 Å². The quantitative estimate of drug-likeness (QED) is 0.467. The fourth-order valence-corrected chi connectivity index (χ4v) is 1.33. The van der Waals surface area contributed by atoms with Crippen LogP contribution in [0.15, 0.2) is 12.2 Å². The van der Waals surface area contributed by atoms with E-state index in [2.05, 4.69) is 19.1 Å². The molecule has 0 saturated carbocycles. The van der Waals surface area contributed by atoms with Gasteiger partial charge in [0.1, 0.15) is 0 Å². The Morgan fingerprint density at radius 2 is 2.08 bits per heavy atom. The Kier molecular flexibility index (Phi) is 8.68. The highest BCUT2D eigenvalue weighted by molar-refractivity contribution is 8.13. The Morgan fingerprint density at radius 3 is 2.67 bits per heavy atom. The van der Waals surface area contributed by atoms with Crippen LogP contribution in [0, 0.1) is 0 Å². The standard InChI is InChI=1S/C10H18OS/c1-3-4-5-6-7-8-9-12-10(2)11/h7-8H,3-6,9H2,1-2H3/b8-7+. The van der Waals surface area contributed by atoms with Crippen molar-refractivity contribution in [3.63, 3.8) is 0 Å². The third-order valence-electron chi connectivity index (χ3n) is 1.52. The van der Waals surface area contributed by atoms with Gasteiger partial charge >= 0.3 is 0 Å². The Bertz CT molecular complexity index is 141. The molecule has 2 heteroatoms. The summed E-state index contributed by atoms with van der Waals surface area (Å²) >= 11 is 1.37. The molecule has 0 aliphatic carbocycles. The molecule has 0 bridgehead atoms. The van der Waals surface area contributed by atoms with E-state index in [9.17, 15) is 4.79 Å².